The van der Waals surface area contributed by atoms with Gasteiger partial charge in [-0.25, -0.2) is 4.79 Å². The monoisotopic (exact) mass is 353 g/mol. The van der Waals surface area contributed by atoms with Crippen LogP contribution in [-0.2, 0) is 6.42 Å². The number of hydrogen-bond donors (Lipinski definition) is 2. The molecule has 5 nitrogen and oxygen atoms in total. The van der Waals surface area contributed by atoms with Crippen molar-refractivity contribution in [3.8, 4) is 0 Å². The Labute approximate surface area is 154 Å². The van der Waals surface area contributed by atoms with E-state index in [9.17, 15) is 9.59 Å². The number of aromatic nitrogens is 1. The number of rotatable bonds is 5. The highest BCUT2D eigenvalue weighted by atomic mass is 16.2. The molecule has 26 heavy (non-hydrogen) atoms. The van der Waals surface area contributed by atoms with Crippen LogP contribution in [0.5, 0.6) is 0 Å². The second-order valence-electron chi connectivity index (χ2n) is 6.98. The Hall–Kier alpha value is -2.56. The van der Waals surface area contributed by atoms with Gasteiger partial charge in [0.05, 0.1) is 0 Å². The van der Waals surface area contributed by atoms with Crippen LogP contribution < -0.4 is 10.9 Å². The van der Waals surface area contributed by atoms with Crippen molar-refractivity contribution < 1.29 is 4.79 Å². The number of carbonyl (C=O) groups is 1. The van der Waals surface area contributed by atoms with Gasteiger partial charge in [-0.15, -0.1) is 0 Å². The van der Waals surface area contributed by atoms with Crippen LogP contribution in [0.4, 0.5) is 10.5 Å². The molecule has 0 unspecified atom stereocenters. The molecule has 2 amide bonds. The van der Waals surface area contributed by atoms with Gasteiger partial charge < -0.3 is 15.2 Å². The van der Waals surface area contributed by atoms with E-state index < -0.39 is 0 Å². The second kappa shape index (κ2) is 8.70. The van der Waals surface area contributed by atoms with Crippen LogP contribution in [0.2, 0.25) is 0 Å². The second-order valence-corrected chi connectivity index (χ2v) is 6.98. The Balaban J connectivity index is 1.51. The smallest absolute Gasteiger partial charge is 0.321 e. The maximum absolute atomic E-state index is 12.5. The van der Waals surface area contributed by atoms with Gasteiger partial charge in [-0.3, -0.25) is 4.79 Å². The Kier molecular flexibility index (Phi) is 6.10. The van der Waals surface area contributed by atoms with Gasteiger partial charge >= 0.3 is 6.03 Å². The first-order chi connectivity index (χ1) is 12.7. The molecule has 1 fully saturated rings. The summed E-state index contributed by atoms with van der Waals surface area (Å²) in [6.07, 6.45) is 6.92. The van der Waals surface area contributed by atoms with Crippen LogP contribution in [-0.4, -0.2) is 29.0 Å². The maximum Gasteiger partial charge on any atom is 0.321 e. The largest absolute Gasteiger partial charge is 0.329 e. The number of H-pyrrole nitrogens is 1. The van der Waals surface area contributed by atoms with Gasteiger partial charge in [0.25, 0.3) is 0 Å². The number of aromatic amines is 1. The molecule has 2 aromatic rings. The molecule has 2 heterocycles. The van der Waals surface area contributed by atoms with E-state index in [1.54, 1.807) is 12.3 Å². The van der Waals surface area contributed by atoms with Gasteiger partial charge in [0, 0.05) is 31.0 Å². The molecule has 0 saturated carbocycles. The maximum atomic E-state index is 12.5. The normalized spacial score (nSPS) is 15.0. The molecule has 0 aliphatic carbocycles. The van der Waals surface area contributed by atoms with E-state index in [1.165, 1.54) is 18.4 Å². The number of aryl methyl sites for hydroxylation is 1. The minimum Gasteiger partial charge on any atom is -0.329 e. The van der Waals surface area contributed by atoms with Crippen molar-refractivity contribution in [3.05, 3.63) is 64.1 Å². The number of urea groups is 1. The number of carbonyl (C=O) groups excluding carboxylic acids is 1. The van der Waals surface area contributed by atoms with Crippen molar-refractivity contribution in [1.82, 2.24) is 9.88 Å². The van der Waals surface area contributed by atoms with E-state index >= 15 is 0 Å². The number of pyridine rings is 1. The Morgan fingerprint density at radius 1 is 1.19 bits per heavy atom. The number of anilines is 1. The van der Waals surface area contributed by atoms with Crippen LogP contribution >= 0.6 is 0 Å². The minimum absolute atomic E-state index is 0.0457. The number of piperidine rings is 1. The number of amides is 2. The molecular formula is C21H27N3O2. The van der Waals surface area contributed by atoms with Gasteiger partial charge in [-0.1, -0.05) is 25.5 Å². The van der Waals surface area contributed by atoms with Gasteiger partial charge in [-0.05, 0) is 60.9 Å². The summed E-state index contributed by atoms with van der Waals surface area (Å²) < 4.78 is 0. The highest BCUT2D eigenvalue weighted by Gasteiger charge is 2.24. The summed E-state index contributed by atoms with van der Waals surface area (Å²) >= 11 is 0. The SMILES string of the molecule is CCCCc1ccc(NC(=O)N2CCC(c3cc[nH]c(=O)c3)CC2)cc1. The van der Waals surface area contributed by atoms with E-state index in [0.717, 1.165) is 30.5 Å². The first-order valence-corrected chi connectivity index (χ1v) is 9.49. The van der Waals surface area contributed by atoms with Gasteiger partial charge in [0.15, 0.2) is 0 Å². The zero-order chi connectivity index (χ0) is 18.4. The van der Waals surface area contributed by atoms with Crippen LogP contribution in [0.25, 0.3) is 0 Å². The van der Waals surface area contributed by atoms with E-state index in [-0.39, 0.29) is 11.6 Å². The molecule has 1 aliphatic rings. The summed E-state index contributed by atoms with van der Waals surface area (Å²) in [4.78, 5) is 28.4. The number of hydrogen-bond acceptors (Lipinski definition) is 2. The number of unbranched alkanes of at least 4 members (excludes halogenated alkanes) is 1. The predicted molar refractivity (Wildman–Crippen MR) is 105 cm³/mol. The molecule has 3 rings (SSSR count). The number of nitrogens with zero attached hydrogens (tertiary/aromatic N) is 1. The molecule has 2 N–H and O–H groups in total. The van der Waals surface area contributed by atoms with Crippen molar-refractivity contribution in [2.24, 2.45) is 0 Å². The number of nitrogens with one attached hydrogen (secondary N) is 2. The van der Waals surface area contributed by atoms with Crippen molar-refractivity contribution in [3.63, 3.8) is 0 Å². The Bertz CT molecular complexity index is 774. The van der Waals surface area contributed by atoms with Crippen LogP contribution in [0.1, 0.15) is 49.7 Å². The van der Waals surface area contributed by atoms with Gasteiger partial charge in [-0.2, -0.15) is 0 Å². The molecule has 138 valence electrons. The van der Waals surface area contributed by atoms with E-state index in [0.29, 0.717) is 19.0 Å². The molecule has 5 heteroatoms. The molecule has 1 saturated heterocycles. The zero-order valence-corrected chi connectivity index (χ0v) is 15.3. The van der Waals surface area contributed by atoms with Crippen molar-refractivity contribution in [2.45, 2.75) is 44.9 Å². The summed E-state index contributed by atoms with van der Waals surface area (Å²) in [5.74, 6) is 0.346. The molecule has 1 aromatic carbocycles. The highest BCUT2D eigenvalue weighted by Crippen LogP contribution is 2.27. The summed E-state index contributed by atoms with van der Waals surface area (Å²) in [5, 5.41) is 2.99. The minimum atomic E-state index is -0.0648. The topological polar surface area (TPSA) is 65.2 Å². The standard InChI is InChI=1S/C21H27N3O2/c1-2-3-4-16-5-7-19(8-6-16)23-21(26)24-13-10-17(11-14-24)18-9-12-22-20(25)15-18/h5-9,12,15,17H,2-4,10-11,13-14H2,1H3,(H,22,25)(H,23,26). The third kappa shape index (κ3) is 4.75. The number of benzene rings is 1. The summed E-state index contributed by atoms with van der Waals surface area (Å²) in [6, 6.07) is 11.7. The quantitative estimate of drug-likeness (QED) is 0.849. The first kappa shape index (κ1) is 18.2. The zero-order valence-electron chi connectivity index (χ0n) is 15.3. The fraction of sp³-hybridized carbons (Fsp3) is 0.429. The van der Waals surface area contributed by atoms with E-state index in [2.05, 4.69) is 29.4 Å². The van der Waals surface area contributed by atoms with Crippen molar-refractivity contribution in [2.75, 3.05) is 18.4 Å². The molecular weight excluding hydrogens is 326 g/mol. The molecule has 1 aromatic heterocycles. The summed E-state index contributed by atoms with van der Waals surface area (Å²) in [6.45, 7) is 3.60. The molecule has 0 atom stereocenters. The Morgan fingerprint density at radius 3 is 2.58 bits per heavy atom. The van der Waals surface area contributed by atoms with Crippen LogP contribution in [0.3, 0.4) is 0 Å². The molecule has 1 aliphatic heterocycles. The lowest BCUT2D eigenvalue weighted by Gasteiger charge is -2.32. The fourth-order valence-electron chi connectivity index (χ4n) is 3.47. The third-order valence-electron chi connectivity index (χ3n) is 5.08. The van der Waals surface area contributed by atoms with Crippen molar-refractivity contribution in [1.29, 1.82) is 0 Å². The number of likely N-dealkylation sites (tertiary alicyclic amines) is 1. The summed E-state index contributed by atoms with van der Waals surface area (Å²) in [5.41, 5.74) is 3.15. The average molecular weight is 353 g/mol. The van der Waals surface area contributed by atoms with Gasteiger partial charge in [0.2, 0.25) is 5.56 Å². The van der Waals surface area contributed by atoms with E-state index in [1.807, 2.05) is 23.1 Å². The Morgan fingerprint density at radius 2 is 1.92 bits per heavy atom. The van der Waals surface area contributed by atoms with Crippen LogP contribution in [0, 0.1) is 0 Å². The highest BCUT2D eigenvalue weighted by molar-refractivity contribution is 5.89. The lowest BCUT2D eigenvalue weighted by Crippen LogP contribution is -2.40. The summed E-state index contributed by atoms with van der Waals surface area (Å²) in [7, 11) is 0. The average Bonchev–Trinajstić information content (AvgIpc) is 2.67. The van der Waals surface area contributed by atoms with Crippen LogP contribution in [0.15, 0.2) is 47.4 Å². The molecule has 0 radical (unpaired) electrons. The molecule has 0 bridgehead atoms. The first-order valence-electron chi connectivity index (χ1n) is 9.49. The fourth-order valence-corrected chi connectivity index (χ4v) is 3.47. The third-order valence-corrected chi connectivity index (χ3v) is 5.08. The van der Waals surface area contributed by atoms with Crippen molar-refractivity contribution >= 4 is 11.7 Å². The molecule has 0 spiro atoms. The van der Waals surface area contributed by atoms with E-state index in [4.69, 9.17) is 0 Å². The lowest BCUT2D eigenvalue weighted by molar-refractivity contribution is 0.194. The van der Waals surface area contributed by atoms with Gasteiger partial charge in [0.1, 0.15) is 0 Å². The lowest BCUT2D eigenvalue weighted by atomic mass is 9.90. The predicted octanol–water partition coefficient (Wildman–Crippen LogP) is 4.13.